The maximum absolute atomic E-state index is 12.4. The molecular formula is C16H12BrN3O2S2. The molecule has 1 atom stereocenters. The number of primary amides is 1. The molecule has 2 heterocycles. The predicted octanol–water partition coefficient (Wildman–Crippen LogP) is 3.59. The van der Waals surface area contributed by atoms with Crippen LogP contribution in [0.5, 0.6) is 0 Å². The van der Waals surface area contributed by atoms with Crippen molar-refractivity contribution in [3.63, 3.8) is 0 Å². The van der Waals surface area contributed by atoms with Crippen LogP contribution in [0.4, 0.5) is 0 Å². The molecule has 0 fully saturated rings. The van der Waals surface area contributed by atoms with Gasteiger partial charge in [-0.05, 0) is 27.6 Å². The van der Waals surface area contributed by atoms with Crippen molar-refractivity contribution in [2.45, 2.75) is 6.04 Å². The molecule has 0 aliphatic rings. The average molecular weight is 422 g/mol. The SMILES string of the molecule is NC(=O)[C@@H](NC(=O)c1csc(-c2cc(Br)cs2)n1)c1ccccc1. The number of thiophene rings is 1. The van der Waals surface area contributed by atoms with Crippen LogP contribution in [-0.4, -0.2) is 16.8 Å². The van der Waals surface area contributed by atoms with E-state index >= 15 is 0 Å². The van der Waals surface area contributed by atoms with Gasteiger partial charge in [-0.15, -0.1) is 22.7 Å². The molecule has 0 radical (unpaired) electrons. The third kappa shape index (κ3) is 3.72. The van der Waals surface area contributed by atoms with E-state index in [0.717, 1.165) is 14.4 Å². The molecule has 3 N–H and O–H groups in total. The third-order valence-corrected chi connectivity index (χ3v) is 5.91. The minimum absolute atomic E-state index is 0.265. The van der Waals surface area contributed by atoms with E-state index in [1.807, 2.05) is 17.5 Å². The zero-order chi connectivity index (χ0) is 17.1. The van der Waals surface area contributed by atoms with Crippen molar-refractivity contribution < 1.29 is 9.59 Å². The molecule has 5 nitrogen and oxygen atoms in total. The molecule has 3 rings (SSSR count). The molecule has 3 aromatic rings. The lowest BCUT2D eigenvalue weighted by molar-refractivity contribution is -0.120. The Morgan fingerprint density at radius 1 is 1.17 bits per heavy atom. The first-order chi connectivity index (χ1) is 11.5. The van der Waals surface area contributed by atoms with Crippen molar-refractivity contribution in [1.29, 1.82) is 0 Å². The molecule has 2 aromatic heterocycles. The average Bonchev–Trinajstić information content (AvgIpc) is 3.21. The number of nitrogens with zero attached hydrogens (tertiary/aromatic N) is 1. The van der Waals surface area contributed by atoms with Crippen LogP contribution in [0.1, 0.15) is 22.1 Å². The number of carbonyl (C=O) groups excluding carboxylic acids is 2. The number of carbonyl (C=O) groups is 2. The molecule has 8 heteroatoms. The summed E-state index contributed by atoms with van der Waals surface area (Å²) in [6.45, 7) is 0. The second-order valence-corrected chi connectivity index (χ2v) is 7.57. The van der Waals surface area contributed by atoms with E-state index in [4.69, 9.17) is 5.73 Å². The molecule has 24 heavy (non-hydrogen) atoms. The van der Waals surface area contributed by atoms with E-state index < -0.39 is 17.9 Å². The van der Waals surface area contributed by atoms with Gasteiger partial charge in [0.25, 0.3) is 5.91 Å². The zero-order valence-corrected chi connectivity index (χ0v) is 15.5. The second-order valence-electron chi connectivity index (χ2n) is 4.89. The first-order valence-electron chi connectivity index (χ1n) is 6.89. The van der Waals surface area contributed by atoms with Crippen LogP contribution in [0.2, 0.25) is 0 Å². The van der Waals surface area contributed by atoms with Gasteiger partial charge in [-0.1, -0.05) is 30.3 Å². The highest BCUT2D eigenvalue weighted by molar-refractivity contribution is 9.10. The summed E-state index contributed by atoms with van der Waals surface area (Å²) in [5, 5.41) is 7.02. The van der Waals surface area contributed by atoms with E-state index in [9.17, 15) is 9.59 Å². The molecule has 0 bridgehead atoms. The highest BCUT2D eigenvalue weighted by atomic mass is 79.9. The van der Waals surface area contributed by atoms with Crippen LogP contribution in [0.15, 0.2) is 51.6 Å². The maximum Gasteiger partial charge on any atom is 0.271 e. The van der Waals surface area contributed by atoms with Gasteiger partial charge in [0.15, 0.2) is 0 Å². The van der Waals surface area contributed by atoms with Gasteiger partial charge in [-0.3, -0.25) is 9.59 Å². The van der Waals surface area contributed by atoms with Crippen LogP contribution in [0.3, 0.4) is 0 Å². The summed E-state index contributed by atoms with van der Waals surface area (Å²) in [6, 6.07) is 9.94. The molecule has 0 unspecified atom stereocenters. The zero-order valence-electron chi connectivity index (χ0n) is 12.2. The fraction of sp³-hybridized carbons (Fsp3) is 0.0625. The number of rotatable bonds is 5. The predicted molar refractivity (Wildman–Crippen MR) is 99.0 cm³/mol. The van der Waals surface area contributed by atoms with E-state index in [2.05, 4.69) is 26.2 Å². The minimum Gasteiger partial charge on any atom is -0.368 e. The van der Waals surface area contributed by atoms with E-state index in [0.29, 0.717) is 5.56 Å². The number of nitrogens with two attached hydrogens (primary N) is 1. The van der Waals surface area contributed by atoms with Crippen molar-refractivity contribution in [3.05, 3.63) is 62.9 Å². The number of amides is 2. The van der Waals surface area contributed by atoms with Crippen molar-refractivity contribution in [3.8, 4) is 9.88 Å². The Morgan fingerprint density at radius 2 is 1.92 bits per heavy atom. The number of halogens is 1. The molecule has 0 saturated carbocycles. The molecule has 0 saturated heterocycles. The molecule has 0 spiro atoms. The first-order valence-corrected chi connectivity index (χ1v) is 9.45. The van der Waals surface area contributed by atoms with Gasteiger partial charge in [0.05, 0.1) is 4.88 Å². The largest absolute Gasteiger partial charge is 0.368 e. The highest BCUT2D eigenvalue weighted by Crippen LogP contribution is 2.32. The number of thiazole rings is 1. The highest BCUT2D eigenvalue weighted by Gasteiger charge is 2.22. The minimum atomic E-state index is -0.889. The number of nitrogens with one attached hydrogen (secondary N) is 1. The number of aromatic nitrogens is 1. The topological polar surface area (TPSA) is 85.1 Å². The Kier molecular flexibility index (Phi) is 5.08. The fourth-order valence-corrected chi connectivity index (χ4v) is 4.39. The lowest BCUT2D eigenvalue weighted by Gasteiger charge is -2.14. The monoisotopic (exact) mass is 421 g/mol. The summed E-state index contributed by atoms with van der Waals surface area (Å²) < 4.78 is 0.974. The fourth-order valence-electron chi connectivity index (χ4n) is 2.09. The Hall–Kier alpha value is -2.03. The van der Waals surface area contributed by atoms with Crippen LogP contribution in [-0.2, 0) is 4.79 Å². The maximum atomic E-state index is 12.4. The summed E-state index contributed by atoms with van der Waals surface area (Å²) in [5.74, 6) is -1.05. The lowest BCUT2D eigenvalue weighted by Crippen LogP contribution is -2.37. The normalized spacial score (nSPS) is 11.9. The van der Waals surface area contributed by atoms with Gasteiger partial charge in [0.1, 0.15) is 16.7 Å². The number of hydrogen-bond donors (Lipinski definition) is 2. The van der Waals surface area contributed by atoms with Gasteiger partial charge in [0.2, 0.25) is 5.91 Å². The van der Waals surface area contributed by atoms with E-state index in [1.165, 1.54) is 22.7 Å². The molecule has 0 aliphatic carbocycles. The quantitative estimate of drug-likeness (QED) is 0.659. The van der Waals surface area contributed by atoms with Gasteiger partial charge in [0, 0.05) is 15.2 Å². The Bertz CT molecular complexity index is 876. The first kappa shape index (κ1) is 16.8. The molecule has 122 valence electrons. The van der Waals surface area contributed by atoms with E-state index in [-0.39, 0.29) is 5.69 Å². The summed E-state index contributed by atoms with van der Waals surface area (Å²) in [7, 11) is 0. The Morgan fingerprint density at radius 3 is 2.54 bits per heavy atom. The molecule has 0 aliphatic heterocycles. The second kappa shape index (κ2) is 7.25. The van der Waals surface area contributed by atoms with Crippen molar-refractivity contribution in [2.24, 2.45) is 5.73 Å². The molecule has 2 amide bonds. The van der Waals surface area contributed by atoms with Crippen LogP contribution < -0.4 is 11.1 Å². The smallest absolute Gasteiger partial charge is 0.271 e. The lowest BCUT2D eigenvalue weighted by atomic mass is 10.1. The van der Waals surface area contributed by atoms with Gasteiger partial charge < -0.3 is 11.1 Å². The van der Waals surface area contributed by atoms with Crippen molar-refractivity contribution in [2.75, 3.05) is 0 Å². The number of hydrogen-bond acceptors (Lipinski definition) is 5. The van der Waals surface area contributed by atoms with Crippen LogP contribution in [0.25, 0.3) is 9.88 Å². The van der Waals surface area contributed by atoms with Gasteiger partial charge in [-0.2, -0.15) is 0 Å². The van der Waals surface area contributed by atoms with Gasteiger partial charge in [-0.25, -0.2) is 4.98 Å². The van der Waals surface area contributed by atoms with E-state index in [1.54, 1.807) is 29.6 Å². The Labute approximate surface area is 154 Å². The summed E-state index contributed by atoms with van der Waals surface area (Å²) in [6.07, 6.45) is 0. The summed E-state index contributed by atoms with van der Waals surface area (Å²) in [4.78, 5) is 29.4. The van der Waals surface area contributed by atoms with Crippen molar-refractivity contribution >= 4 is 50.4 Å². The molecular weight excluding hydrogens is 410 g/mol. The summed E-state index contributed by atoms with van der Waals surface area (Å²) in [5.41, 5.74) is 6.32. The van der Waals surface area contributed by atoms with Crippen LogP contribution in [0, 0.1) is 0 Å². The molecule has 1 aromatic carbocycles. The number of benzene rings is 1. The standard InChI is InChI=1S/C16H12BrN3O2S2/c17-10-6-12(23-7-10)16-19-11(8-24-16)15(22)20-13(14(18)21)9-4-2-1-3-5-9/h1-8,13H,(H2,18,21)(H,20,22)/t13-/m0/s1. The van der Waals surface area contributed by atoms with Crippen LogP contribution >= 0.6 is 38.6 Å². The Balaban J connectivity index is 1.79. The summed E-state index contributed by atoms with van der Waals surface area (Å²) >= 11 is 6.31. The third-order valence-electron chi connectivity index (χ3n) is 3.21. The van der Waals surface area contributed by atoms with Gasteiger partial charge >= 0.3 is 0 Å². The van der Waals surface area contributed by atoms with Crippen molar-refractivity contribution in [1.82, 2.24) is 10.3 Å².